The van der Waals surface area contributed by atoms with Gasteiger partial charge in [0.05, 0.1) is 4.47 Å². The summed E-state index contributed by atoms with van der Waals surface area (Å²) in [5.74, 6) is 4.42. The summed E-state index contributed by atoms with van der Waals surface area (Å²) < 4.78 is 27.9. The van der Waals surface area contributed by atoms with Crippen molar-refractivity contribution in [2.75, 3.05) is 19.6 Å². The van der Waals surface area contributed by atoms with E-state index in [1.807, 2.05) is 0 Å². The van der Waals surface area contributed by atoms with Crippen LogP contribution in [0.5, 0.6) is 0 Å². The zero-order valence-corrected chi connectivity index (χ0v) is 13.5. The lowest BCUT2D eigenvalue weighted by Crippen LogP contribution is -2.40. The van der Waals surface area contributed by atoms with E-state index in [2.05, 4.69) is 40.1 Å². The first-order valence-corrected chi connectivity index (χ1v) is 7.63. The van der Waals surface area contributed by atoms with Crippen LogP contribution in [0.1, 0.15) is 25.8 Å². The second-order valence-corrected chi connectivity index (χ2v) is 5.56. The van der Waals surface area contributed by atoms with Crippen molar-refractivity contribution < 1.29 is 8.78 Å². The van der Waals surface area contributed by atoms with Crippen LogP contribution in [0, 0.1) is 11.6 Å². The number of hydrazine groups is 1. The van der Waals surface area contributed by atoms with E-state index in [-0.39, 0.29) is 22.5 Å². The first-order valence-electron chi connectivity index (χ1n) is 6.84. The van der Waals surface area contributed by atoms with E-state index in [1.54, 1.807) is 0 Å². The van der Waals surface area contributed by atoms with Crippen LogP contribution >= 0.6 is 15.9 Å². The van der Waals surface area contributed by atoms with E-state index in [4.69, 9.17) is 5.84 Å². The minimum atomic E-state index is -0.548. The molecule has 0 heterocycles. The Balaban J connectivity index is 2.71. The molecule has 0 bridgehead atoms. The fourth-order valence-corrected chi connectivity index (χ4v) is 2.50. The van der Waals surface area contributed by atoms with Gasteiger partial charge in [-0.1, -0.05) is 13.8 Å². The van der Waals surface area contributed by atoms with E-state index in [9.17, 15) is 8.78 Å². The lowest BCUT2D eigenvalue weighted by atomic mass is 10.0. The van der Waals surface area contributed by atoms with E-state index in [0.29, 0.717) is 0 Å². The molecule has 0 saturated carbocycles. The Bertz CT molecular complexity index is 425. The summed E-state index contributed by atoms with van der Waals surface area (Å²) in [4.78, 5) is 2.25. The van der Waals surface area contributed by atoms with Gasteiger partial charge in [0.15, 0.2) is 0 Å². The molecule has 1 aromatic rings. The Labute approximate surface area is 127 Å². The van der Waals surface area contributed by atoms with Crippen molar-refractivity contribution in [1.29, 1.82) is 0 Å². The van der Waals surface area contributed by atoms with Gasteiger partial charge in [-0.2, -0.15) is 0 Å². The number of hydrogen-bond donors (Lipinski definition) is 2. The van der Waals surface area contributed by atoms with Gasteiger partial charge in [-0.15, -0.1) is 0 Å². The molecule has 0 amide bonds. The maximum absolute atomic E-state index is 13.9. The Morgan fingerprint density at radius 3 is 2.50 bits per heavy atom. The number of hydrogen-bond acceptors (Lipinski definition) is 3. The zero-order valence-electron chi connectivity index (χ0n) is 11.9. The van der Waals surface area contributed by atoms with Crippen LogP contribution in [0.2, 0.25) is 0 Å². The lowest BCUT2D eigenvalue weighted by Gasteiger charge is -2.22. The summed E-state index contributed by atoms with van der Waals surface area (Å²) in [7, 11) is 0. The molecular formula is C14H22BrF2N3. The largest absolute Gasteiger partial charge is 0.304 e. The van der Waals surface area contributed by atoms with Crippen LogP contribution < -0.4 is 11.3 Å². The molecule has 3 N–H and O–H groups in total. The number of nitrogens with two attached hydrogens (primary N) is 1. The lowest BCUT2D eigenvalue weighted by molar-refractivity contribution is 0.279. The molecule has 114 valence electrons. The highest BCUT2D eigenvalue weighted by Crippen LogP contribution is 2.23. The van der Waals surface area contributed by atoms with Crippen LogP contribution in [0.3, 0.4) is 0 Å². The van der Waals surface area contributed by atoms with Crippen molar-refractivity contribution in [2.45, 2.75) is 32.7 Å². The average molecular weight is 350 g/mol. The molecule has 0 spiro atoms. The maximum atomic E-state index is 13.9. The molecule has 0 aliphatic carbocycles. The smallest absolute Gasteiger partial charge is 0.143 e. The number of benzene rings is 1. The predicted molar refractivity (Wildman–Crippen MR) is 81.3 cm³/mol. The van der Waals surface area contributed by atoms with Gasteiger partial charge >= 0.3 is 0 Å². The van der Waals surface area contributed by atoms with Crippen molar-refractivity contribution in [3.63, 3.8) is 0 Å². The van der Waals surface area contributed by atoms with Gasteiger partial charge in [0.25, 0.3) is 0 Å². The summed E-state index contributed by atoms with van der Waals surface area (Å²) in [5, 5.41) is 0. The molecule has 1 rings (SSSR count). The highest BCUT2D eigenvalue weighted by Gasteiger charge is 2.17. The highest BCUT2D eigenvalue weighted by atomic mass is 79.9. The molecule has 6 heteroatoms. The first-order chi connectivity index (χ1) is 9.53. The van der Waals surface area contributed by atoms with Crippen LogP contribution in [0.25, 0.3) is 0 Å². The topological polar surface area (TPSA) is 41.3 Å². The van der Waals surface area contributed by atoms with Gasteiger partial charge in [0.2, 0.25) is 0 Å². The quantitative estimate of drug-likeness (QED) is 0.430. The summed E-state index contributed by atoms with van der Waals surface area (Å²) in [6.07, 6.45) is 0.971. The van der Waals surface area contributed by atoms with Gasteiger partial charge in [-0.05, 0) is 60.5 Å². The van der Waals surface area contributed by atoms with Crippen LogP contribution in [-0.4, -0.2) is 30.6 Å². The van der Waals surface area contributed by atoms with Crippen molar-refractivity contribution in [2.24, 2.45) is 5.84 Å². The molecule has 1 unspecified atom stereocenters. The molecule has 0 aliphatic rings. The normalized spacial score (nSPS) is 12.9. The Morgan fingerprint density at radius 2 is 1.95 bits per heavy atom. The van der Waals surface area contributed by atoms with Gasteiger partial charge in [-0.25, -0.2) is 8.78 Å². The van der Waals surface area contributed by atoms with Gasteiger partial charge in [-0.3, -0.25) is 11.3 Å². The third-order valence-electron chi connectivity index (χ3n) is 3.51. The number of nitrogens with zero attached hydrogens (tertiary/aromatic N) is 1. The van der Waals surface area contributed by atoms with Crippen LogP contribution in [0.4, 0.5) is 8.78 Å². The summed E-state index contributed by atoms with van der Waals surface area (Å²) in [5.41, 5.74) is 2.72. The second kappa shape index (κ2) is 8.67. The van der Waals surface area contributed by atoms with Crippen molar-refractivity contribution >= 4 is 15.9 Å². The molecule has 0 saturated heterocycles. The first kappa shape index (κ1) is 17.5. The van der Waals surface area contributed by atoms with E-state index < -0.39 is 11.6 Å². The van der Waals surface area contributed by atoms with Crippen molar-refractivity contribution in [3.8, 4) is 0 Å². The van der Waals surface area contributed by atoms with E-state index in [0.717, 1.165) is 26.1 Å². The molecule has 0 aliphatic heterocycles. The molecule has 1 aromatic carbocycles. The Morgan fingerprint density at radius 1 is 1.30 bits per heavy atom. The maximum Gasteiger partial charge on any atom is 0.143 e. The zero-order chi connectivity index (χ0) is 15.1. The van der Waals surface area contributed by atoms with Gasteiger partial charge in [0, 0.05) is 11.6 Å². The average Bonchev–Trinajstić information content (AvgIpc) is 2.46. The van der Waals surface area contributed by atoms with Crippen LogP contribution in [-0.2, 0) is 6.42 Å². The van der Waals surface area contributed by atoms with Crippen molar-refractivity contribution in [3.05, 3.63) is 33.8 Å². The summed E-state index contributed by atoms with van der Waals surface area (Å²) in [6.45, 7) is 6.92. The Kier molecular flexibility index (Phi) is 7.58. The Hall–Kier alpha value is -0.560. The minimum Gasteiger partial charge on any atom is -0.304 e. The molecule has 0 fully saturated rings. The minimum absolute atomic E-state index is 0.0712. The summed E-state index contributed by atoms with van der Waals surface area (Å²) >= 11 is 3.08. The monoisotopic (exact) mass is 349 g/mol. The van der Waals surface area contributed by atoms with Crippen molar-refractivity contribution in [1.82, 2.24) is 10.3 Å². The SMILES string of the molecule is CCN(CC)CCC(Cc1c(F)ccc(Br)c1F)NN. The molecule has 3 nitrogen and oxygen atoms in total. The molecule has 1 atom stereocenters. The summed E-state index contributed by atoms with van der Waals surface area (Å²) in [6, 6.07) is 2.48. The van der Waals surface area contributed by atoms with Gasteiger partial charge in [0.1, 0.15) is 11.6 Å². The molecular weight excluding hydrogens is 328 g/mol. The number of nitrogens with one attached hydrogen (secondary N) is 1. The predicted octanol–water partition coefficient (Wildman–Crippen LogP) is 2.83. The number of rotatable bonds is 8. The second-order valence-electron chi connectivity index (χ2n) is 4.71. The molecule has 20 heavy (non-hydrogen) atoms. The van der Waals surface area contributed by atoms with Gasteiger partial charge < -0.3 is 4.90 Å². The third kappa shape index (κ3) is 4.77. The van der Waals surface area contributed by atoms with Crippen LogP contribution in [0.15, 0.2) is 16.6 Å². The third-order valence-corrected chi connectivity index (χ3v) is 4.13. The molecule has 0 radical (unpaired) electrons. The number of halogens is 3. The molecule has 0 aromatic heterocycles. The fraction of sp³-hybridized carbons (Fsp3) is 0.571. The highest BCUT2D eigenvalue weighted by molar-refractivity contribution is 9.10. The fourth-order valence-electron chi connectivity index (χ4n) is 2.13. The standard InChI is InChI=1S/C14H22BrF2N3/c1-3-20(4-2)8-7-10(19-18)9-11-13(16)6-5-12(15)14(11)17/h5-6,10,19H,3-4,7-9,18H2,1-2H3. The van der Waals surface area contributed by atoms with E-state index >= 15 is 0 Å². The van der Waals surface area contributed by atoms with E-state index in [1.165, 1.54) is 12.1 Å².